The maximum absolute atomic E-state index is 13.8. The summed E-state index contributed by atoms with van der Waals surface area (Å²) in [6, 6.07) is 29.6. The third kappa shape index (κ3) is 5.34. The second kappa shape index (κ2) is 11.1. The van der Waals surface area contributed by atoms with Gasteiger partial charge in [0.2, 0.25) is 0 Å². The van der Waals surface area contributed by atoms with Gasteiger partial charge in [-0.15, -0.1) is 5.10 Å². The molecule has 0 aliphatic rings. The second-order valence-electron chi connectivity index (χ2n) is 10.1. The van der Waals surface area contributed by atoms with E-state index in [1.54, 1.807) is 10.9 Å². The number of benzene rings is 3. The van der Waals surface area contributed by atoms with Crippen molar-refractivity contribution in [2.45, 2.75) is 39.5 Å². The van der Waals surface area contributed by atoms with Crippen molar-refractivity contribution in [1.29, 1.82) is 0 Å². The fourth-order valence-corrected chi connectivity index (χ4v) is 5.13. The van der Waals surface area contributed by atoms with E-state index in [-0.39, 0.29) is 5.56 Å². The summed E-state index contributed by atoms with van der Waals surface area (Å²) in [5.41, 5.74) is 5.66. The van der Waals surface area contributed by atoms with Crippen LogP contribution in [0.25, 0.3) is 10.9 Å². The quantitative estimate of drug-likeness (QED) is 0.263. The van der Waals surface area contributed by atoms with E-state index < -0.39 is 6.04 Å². The standard InChI is InChI=1S/C32H30N6O2/c1-22-16-26-18-28(32(39)33-29(26)17-23(22)2)30(31-34-35-36-38(31)20-25-12-7-4-8-13-25)37(21-27-14-9-15-40-27)19-24-10-5-3-6-11-24/h3-18,30H,19-21H2,1-2H3,(H,33,39). The summed E-state index contributed by atoms with van der Waals surface area (Å²) >= 11 is 0. The van der Waals surface area contributed by atoms with Crippen molar-refractivity contribution in [3.05, 3.63) is 147 Å². The monoisotopic (exact) mass is 530 g/mol. The molecule has 3 heterocycles. The van der Waals surface area contributed by atoms with Crippen LogP contribution in [0.2, 0.25) is 0 Å². The maximum atomic E-state index is 13.8. The Morgan fingerprint density at radius 1 is 0.875 bits per heavy atom. The number of aromatic nitrogens is 5. The van der Waals surface area contributed by atoms with Crippen molar-refractivity contribution in [2.75, 3.05) is 0 Å². The van der Waals surface area contributed by atoms with Crippen molar-refractivity contribution in [3.63, 3.8) is 0 Å². The van der Waals surface area contributed by atoms with Crippen LogP contribution in [0, 0.1) is 13.8 Å². The van der Waals surface area contributed by atoms with E-state index in [4.69, 9.17) is 4.42 Å². The highest BCUT2D eigenvalue weighted by Crippen LogP contribution is 2.31. The molecule has 0 saturated carbocycles. The van der Waals surface area contributed by atoms with E-state index in [2.05, 4.69) is 50.5 Å². The Kier molecular flexibility index (Phi) is 7.08. The molecule has 0 aliphatic carbocycles. The Morgan fingerprint density at radius 3 is 2.33 bits per heavy atom. The number of nitrogens with zero attached hydrogens (tertiary/aromatic N) is 5. The molecule has 6 rings (SSSR count). The summed E-state index contributed by atoms with van der Waals surface area (Å²) in [4.78, 5) is 19.1. The molecule has 0 spiro atoms. The average molecular weight is 531 g/mol. The van der Waals surface area contributed by atoms with Crippen LogP contribution in [-0.2, 0) is 19.6 Å². The predicted octanol–water partition coefficient (Wildman–Crippen LogP) is 5.56. The van der Waals surface area contributed by atoms with E-state index in [9.17, 15) is 4.79 Å². The van der Waals surface area contributed by atoms with E-state index in [0.29, 0.717) is 31.0 Å². The molecule has 0 bridgehead atoms. The highest BCUT2D eigenvalue weighted by molar-refractivity contribution is 5.81. The van der Waals surface area contributed by atoms with Gasteiger partial charge in [-0.05, 0) is 82.2 Å². The minimum absolute atomic E-state index is 0.174. The normalized spacial score (nSPS) is 12.3. The Morgan fingerprint density at radius 2 is 1.60 bits per heavy atom. The largest absolute Gasteiger partial charge is 0.468 e. The van der Waals surface area contributed by atoms with Gasteiger partial charge in [0.25, 0.3) is 5.56 Å². The van der Waals surface area contributed by atoms with Gasteiger partial charge < -0.3 is 9.40 Å². The molecule has 6 aromatic rings. The minimum Gasteiger partial charge on any atom is -0.468 e. The summed E-state index contributed by atoms with van der Waals surface area (Å²) in [5.74, 6) is 1.37. The maximum Gasteiger partial charge on any atom is 0.253 e. The van der Waals surface area contributed by atoms with Crippen molar-refractivity contribution >= 4 is 10.9 Å². The molecule has 0 fully saturated rings. The smallest absolute Gasteiger partial charge is 0.253 e. The Balaban J connectivity index is 1.53. The van der Waals surface area contributed by atoms with Gasteiger partial charge >= 0.3 is 0 Å². The lowest BCUT2D eigenvalue weighted by Gasteiger charge is -2.30. The number of hydrogen-bond acceptors (Lipinski definition) is 6. The van der Waals surface area contributed by atoms with Gasteiger partial charge in [-0.3, -0.25) is 9.69 Å². The number of aromatic amines is 1. The summed E-state index contributed by atoms with van der Waals surface area (Å²) in [6.07, 6.45) is 1.67. The van der Waals surface area contributed by atoms with Crippen LogP contribution in [0.3, 0.4) is 0 Å². The van der Waals surface area contributed by atoms with Crippen LogP contribution in [0.5, 0.6) is 0 Å². The van der Waals surface area contributed by atoms with Gasteiger partial charge in [0.15, 0.2) is 5.82 Å². The highest BCUT2D eigenvalue weighted by atomic mass is 16.3. The molecule has 1 unspecified atom stereocenters. The number of tetrazole rings is 1. The summed E-state index contributed by atoms with van der Waals surface area (Å²) in [7, 11) is 0. The molecule has 8 heteroatoms. The fourth-order valence-electron chi connectivity index (χ4n) is 5.13. The zero-order valence-electron chi connectivity index (χ0n) is 22.5. The Bertz CT molecular complexity index is 1780. The van der Waals surface area contributed by atoms with Crippen molar-refractivity contribution < 1.29 is 4.42 Å². The van der Waals surface area contributed by atoms with Crippen molar-refractivity contribution in [1.82, 2.24) is 30.1 Å². The molecule has 40 heavy (non-hydrogen) atoms. The molecule has 0 amide bonds. The van der Waals surface area contributed by atoms with Crippen LogP contribution in [0.1, 0.15) is 45.4 Å². The molecule has 0 aliphatic heterocycles. The molecule has 3 aromatic carbocycles. The SMILES string of the molecule is Cc1cc2cc(C(c3nnnn3Cc3ccccc3)N(Cc3ccccc3)Cc3ccco3)c(=O)[nH]c2cc1C. The molecule has 0 saturated heterocycles. The number of aryl methyl sites for hydroxylation is 2. The molecular formula is C32H30N6O2. The lowest BCUT2D eigenvalue weighted by molar-refractivity contribution is 0.179. The average Bonchev–Trinajstić information content (AvgIpc) is 3.64. The summed E-state index contributed by atoms with van der Waals surface area (Å²) in [6.45, 7) is 5.61. The van der Waals surface area contributed by atoms with E-state index in [1.807, 2.05) is 79.7 Å². The summed E-state index contributed by atoms with van der Waals surface area (Å²) in [5, 5.41) is 13.9. The molecular weight excluding hydrogens is 500 g/mol. The number of fused-ring (bicyclic) bond motifs is 1. The molecule has 1 atom stereocenters. The van der Waals surface area contributed by atoms with Gasteiger partial charge in [-0.1, -0.05) is 60.7 Å². The van der Waals surface area contributed by atoms with Gasteiger partial charge in [0.05, 0.1) is 19.4 Å². The van der Waals surface area contributed by atoms with Crippen molar-refractivity contribution in [3.8, 4) is 0 Å². The molecule has 8 nitrogen and oxygen atoms in total. The summed E-state index contributed by atoms with van der Waals surface area (Å²) < 4.78 is 7.56. The number of H-pyrrole nitrogens is 1. The van der Waals surface area contributed by atoms with Gasteiger partial charge in [-0.25, -0.2) is 4.68 Å². The first-order valence-corrected chi connectivity index (χ1v) is 13.3. The first-order chi connectivity index (χ1) is 19.5. The molecule has 200 valence electrons. The topological polar surface area (TPSA) is 92.8 Å². The zero-order chi connectivity index (χ0) is 27.5. The predicted molar refractivity (Wildman–Crippen MR) is 154 cm³/mol. The number of nitrogens with one attached hydrogen (secondary N) is 1. The van der Waals surface area contributed by atoms with Crippen LogP contribution < -0.4 is 5.56 Å². The molecule has 0 radical (unpaired) electrons. The van der Waals surface area contributed by atoms with Crippen LogP contribution >= 0.6 is 0 Å². The number of hydrogen-bond donors (Lipinski definition) is 1. The lowest BCUT2D eigenvalue weighted by atomic mass is 10.00. The van der Waals surface area contributed by atoms with Gasteiger partial charge in [-0.2, -0.15) is 0 Å². The number of furan rings is 1. The molecule has 1 N–H and O–H groups in total. The third-order valence-electron chi connectivity index (χ3n) is 7.29. The van der Waals surface area contributed by atoms with Crippen LogP contribution in [0.15, 0.2) is 106 Å². The van der Waals surface area contributed by atoms with Crippen molar-refractivity contribution in [2.24, 2.45) is 0 Å². The Labute approximate surface area is 231 Å². The van der Waals surface area contributed by atoms with Gasteiger partial charge in [0.1, 0.15) is 11.8 Å². The van der Waals surface area contributed by atoms with Gasteiger partial charge in [0, 0.05) is 17.6 Å². The first-order valence-electron chi connectivity index (χ1n) is 13.3. The minimum atomic E-state index is -0.557. The van der Waals surface area contributed by atoms with E-state index in [0.717, 1.165) is 38.9 Å². The molecule has 3 aromatic heterocycles. The lowest BCUT2D eigenvalue weighted by Crippen LogP contribution is -2.34. The number of pyridine rings is 1. The van der Waals surface area contributed by atoms with Crippen LogP contribution in [0.4, 0.5) is 0 Å². The zero-order valence-corrected chi connectivity index (χ0v) is 22.5. The fraction of sp³-hybridized carbons (Fsp3) is 0.188. The van der Waals surface area contributed by atoms with Crippen LogP contribution in [-0.4, -0.2) is 30.1 Å². The second-order valence-corrected chi connectivity index (χ2v) is 10.1. The third-order valence-corrected chi connectivity index (χ3v) is 7.29. The highest BCUT2D eigenvalue weighted by Gasteiger charge is 2.31. The number of rotatable bonds is 9. The Hall–Kier alpha value is -4.82. The first kappa shape index (κ1) is 25.5. The van der Waals surface area contributed by atoms with E-state index in [1.165, 1.54) is 0 Å². The van der Waals surface area contributed by atoms with E-state index >= 15 is 0 Å².